The first-order valence-corrected chi connectivity index (χ1v) is 11.8. The monoisotopic (exact) mass is 575 g/mol. The van der Waals surface area contributed by atoms with Gasteiger partial charge in [-0.1, -0.05) is 13.8 Å². The summed E-state index contributed by atoms with van der Waals surface area (Å²) in [5.41, 5.74) is 2.30. The third-order valence-corrected chi connectivity index (χ3v) is 4.55. The molecule has 2 aromatic rings. The van der Waals surface area contributed by atoms with Gasteiger partial charge in [-0.3, -0.25) is 4.79 Å². The van der Waals surface area contributed by atoms with Crippen LogP contribution >= 0.6 is 0 Å². The number of methoxy groups -OCH3 is 1. The van der Waals surface area contributed by atoms with Gasteiger partial charge in [0.25, 0.3) is 5.97 Å². The van der Waals surface area contributed by atoms with Gasteiger partial charge in [0.05, 0.1) is 37.3 Å². The Balaban J connectivity index is 0.000000706. The van der Waals surface area contributed by atoms with Gasteiger partial charge in [-0.15, -0.1) is 0 Å². The molecule has 1 saturated heterocycles. The maximum Gasteiger partial charge on any atom is 0.411 e. The van der Waals surface area contributed by atoms with E-state index >= 15 is 0 Å². The van der Waals surface area contributed by atoms with Crippen molar-refractivity contribution in [1.82, 2.24) is 24.8 Å². The second-order valence-electron chi connectivity index (χ2n) is 8.03. The maximum atomic E-state index is 12.1. The van der Waals surface area contributed by atoms with Crippen molar-refractivity contribution < 1.29 is 50.5 Å². The summed E-state index contributed by atoms with van der Waals surface area (Å²) in [7, 11) is 2.95. The van der Waals surface area contributed by atoms with Crippen molar-refractivity contribution in [3.05, 3.63) is 29.7 Å². The smallest absolute Gasteiger partial charge is 0.411 e. The summed E-state index contributed by atoms with van der Waals surface area (Å²) in [6.45, 7) is 5.71. The van der Waals surface area contributed by atoms with E-state index in [2.05, 4.69) is 10.1 Å². The molecule has 224 valence electrons. The minimum absolute atomic E-state index is 0.298. The molecular formula is C23H35F6N5O5. The van der Waals surface area contributed by atoms with Crippen LogP contribution in [0.2, 0.25) is 0 Å². The maximum absolute atomic E-state index is 12.1. The largest absolute Gasteiger partial charge is 0.481 e. The van der Waals surface area contributed by atoms with Crippen LogP contribution in [0.3, 0.4) is 0 Å². The lowest BCUT2D eigenvalue weighted by molar-refractivity contribution is -0.183. The van der Waals surface area contributed by atoms with E-state index in [0.29, 0.717) is 24.4 Å². The number of ether oxygens (including phenoxy) is 2. The predicted octanol–water partition coefficient (Wildman–Crippen LogP) is 4.12. The Kier molecular flexibility index (Phi) is 15.4. The van der Waals surface area contributed by atoms with Gasteiger partial charge in [-0.05, 0) is 25.0 Å². The van der Waals surface area contributed by atoms with Crippen molar-refractivity contribution in [1.29, 1.82) is 0 Å². The van der Waals surface area contributed by atoms with E-state index in [0.717, 1.165) is 23.8 Å². The molecule has 0 spiro atoms. The number of urea groups is 1. The zero-order chi connectivity index (χ0) is 30.4. The van der Waals surface area contributed by atoms with Gasteiger partial charge >= 0.3 is 18.4 Å². The van der Waals surface area contributed by atoms with E-state index in [1.165, 1.54) is 7.05 Å². The molecule has 10 nitrogen and oxygen atoms in total. The SMILES string of the molecule is CC.CC(=O)O.CN1CC(C(F)(F)F)NC1=O.COCCc1cnn2cc(CC(C)OCC(F)(F)F)nc2c1. The number of aliphatic carboxylic acids is 1. The lowest BCUT2D eigenvalue weighted by Crippen LogP contribution is -2.40. The first kappa shape index (κ1) is 35.9. The van der Waals surface area contributed by atoms with Crippen LogP contribution in [0, 0.1) is 0 Å². The number of aromatic nitrogens is 3. The van der Waals surface area contributed by atoms with Crippen LogP contribution in [-0.2, 0) is 27.1 Å². The molecule has 0 aromatic carbocycles. The predicted molar refractivity (Wildman–Crippen MR) is 129 cm³/mol. The highest BCUT2D eigenvalue weighted by Crippen LogP contribution is 2.23. The normalized spacial score (nSPS) is 15.7. The number of amides is 2. The van der Waals surface area contributed by atoms with Crippen molar-refractivity contribution in [2.45, 2.75) is 65.0 Å². The number of imidazole rings is 1. The molecule has 0 radical (unpaired) electrons. The molecule has 1 fully saturated rings. The molecule has 0 bridgehead atoms. The number of carboxylic acids is 1. The summed E-state index contributed by atoms with van der Waals surface area (Å²) in [6, 6.07) is -0.496. The fraction of sp³-hybridized carbons (Fsp3) is 0.652. The van der Waals surface area contributed by atoms with Crippen molar-refractivity contribution in [3.8, 4) is 0 Å². The van der Waals surface area contributed by atoms with Crippen molar-refractivity contribution >= 4 is 17.6 Å². The number of hydrogen-bond donors (Lipinski definition) is 2. The third kappa shape index (κ3) is 15.1. The molecular weight excluding hydrogens is 540 g/mol. The van der Waals surface area contributed by atoms with Crippen LogP contribution in [0.25, 0.3) is 5.65 Å². The molecule has 1 aliphatic rings. The summed E-state index contributed by atoms with van der Waals surface area (Å²) in [6.07, 6.45) is -4.77. The van der Waals surface area contributed by atoms with Crippen LogP contribution in [0.1, 0.15) is 39.0 Å². The van der Waals surface area contributed by atoms with Crippen LogP contribution < -0.4 is 5.32 Å². The van der Waals surface area contributed by atoms with Gasteiger partial charge in [-0.25, -0.2) is 14.3 Å². The number of nitrogens with zero attached hydrogens (tertiary/aromatic N) is 4. The van der Waals surface area contributed by atoms with Crippen molar-refractivity contribution in [2.24, 2.45) is 0 Å². The summed E-state index contributed by atoms with van der Waals surface area (Å²) >= 11 is 0. The third-order valence-electron chi connectivity index (χ3n) is 4.55. The van der Waals surface area contributed by atoms with Crippen LogP contribution in [0.5, 0.6) is 0 Å². The average Bonchev–Trinajstić information content (AvgIpc) is 3.38. The van der Waals surface area contributed by atoms with E-state index in [1.807, 2.05) is 19.9 Å². The van der Waals surface area contributed by atoms with E-state index in [1.54, 1.807) is 36.3 Å². The molecule has 0 saturated carbocycles. The number of nitrogens with one attached hydrogen (secondary N) is 1. The number of rotatable bonds is 7. The number of alkyl halides is 6. The number of likely N-dealkylation sites (N-methyl/N-ethyl adjacent to an activating group) is 1. The first-order chi connectivity index (χ1) is 18.0. The quantitative estimate of drug-likeness (QED) is 0.477. The Morgan fingerprint density at radius 3 is 2.28 bits per heavy atom. The molecule has 39 heavy (non-hydrogen) atoms. The Bertz CT molecular complexity index is 1010. The van der Waals surface area contributed by atoms with Gasteiger partial charge in [0, 0.05) is 27.5 Å². The number of hydrogen-bond acceptors (Lipinski definition) is 6. The van der Waals surface area contributed by atoms with E-state index in [4.69, 9.17) is 19.4 Å². The van der Waals surface area contributed by atoms with E-state index in [9.17, 15) is 31.1 Å². The lowest BCUT2D eigenvalue weighted by Gasteiger charge is -2.13. The van der Waals surface area contributed by atoms with Gasteiger partial charge in [0.1, 0.15) is 12.6 Å². The van der Waals surface area contributed by atoms with E-state index in [-0.39, 0.29) is 6.54 Å². The fourth-order valence-electron chi connectivity index (χ4n) is 2.86. The Morgan fingerprint density at radius 1 is 1.26 bits per heavy atom. The average molecular weight is 576 g/mol. The highest BCUT2D eigenvalue weighted by atomic mass is 19.4. The highest BCUT2D eigenvalue weighted by Gasteiger charge is 2.45. The van der Waals surface area contributed by atoms with Gasteiger partial charge < -0.3 is 24.8 Å². The molecule has 3 heterocycles. The van der Waals surface area contributed by atoms with Gasteiger partial charge in [0.2, 0.25) is 0 Å². The summed E-state index contributed by atoms with van der Waals surface area (Å²) in [4.78, 5) is 24.9. The number of carbonyl (C=O) groups excluding carboxylic acids is 1. The van der Waals surface area contributed by atoms with Crippen molar-refractivity contribution in [3.63, 3.8) is 0 Å². The fourth-order valence-corrected chi connectivity index (χ4v) is 2.86. The minimum Gasteiger partial charge on any atom is -0.481 e. The Hall–Kier alpha value is -3.14. The Morgan fingerprint density at radius 2 is 1.85 bits per heavy atom. The second-order valence-corrected chi connectivity index (χ2v) is 8.03. The highest BCUT2D eigenvalue weighted by molar-refractivity contribution is 5.76. The zero-order valence-corrected chi connectivity index (χ0v) is 22.6. The molecule has 2 aromatic heterocycles. The molecule has 2 atom stereocenters. The molecule has 0 aliphatic carbocycles. The lowest BCUT2D eigenvalue weighted by atomic mass is 10.2. The minimum atomic E-state index is -4.33. The van der Waals surface area contributed by atoms with Crippen LogP contribution in [-0.4, -0.2) is 95.0 Å². The molecule has 2 N–H and O–H groups in total. The first-order valence-electron chi connectivity index (χ1n) is 11.8. The molecule has 2 unspecified atom stereocenters. The topological polar surface area (TPSA) is 118 Å². The van der Waals surface area contributed by atoms with Crippen LogP contribution in [0.15, 0.2) is 18.5 Å². The number of carbonyl (C=O) groups is 2. The van der Waals surface area contributed by atoms with Crippen LogP contribution in [0.4, 0.5) is 31.1 Å². The molecule has 16 heteroatoms. The molecule has 1 aliphatic heterocycles. The molecule has 3 rings (SSSR count). The van der Waals surface area contributed by atoms with Gasteiger partial charge in [0.15, 0.2) is 5.65 Å². The summed E-state index contributed by atoms with van der Waals surface area (Å²) in [5.74, 6) is -0.833. The Labute approximate surface area is 222 Å². The van der Waals surface area contributed by atoms with Crippen molar-refractivity contribution in [2.75, 3.05) is 33.9 Å². The van der Waals surface area contributed by atoms with Gasteiger partial charge in [-0.2, -0.15) is 31.4 Å². The molecule has 2 amide bonds. The number of halogens is 6. The standard InChI is InChI=1S/C14H18F3N3O2.C5H7F3N2O.C2H4O2.C2H6/c1-10(22-9-14(15,16)17)5-12-8-20-13(19-12)6-11(7-18-20)3-4-21-2;1-10-2-3(5(6,7)8)9-4(10)11;1-2(3)4;1-2/h6-8,10H,3-5,9H2,1-2H3;3H,2H2,1H3,(H,9,11);1H3,(H,3,4);1-2H3. The second kappa shape index (κ2) is 16.7. The number of fused-ring (bicyclic) bond motifs is 1. The summed E-state index contributed by atoms with van der Waals surface area (Å²) in [5, 5.41) is 13.4. The van der Waals surface area contributed by atoms with E-state index < -0.39 is 43.1 Å². The zero-order valence-electron chi connectivity index (χ0n) is 22.6. The summed E-state index contributed by atoms with van der Waals surface area (Å²) < 4.78 is 83.3. The number of carboxylic acid groups (broad SMARTS) is 1.